The summed E-state index contributed by atoms with van der Waals surface area (Å²) in [6, 6.07) is 3.86. The molecule has 0 unspecified atom stereocenters. The van der Waals surface area contributed by atoms with Crippen LogP contribution >= 0.6 is 0 Å². The molecule has 2 amide bonds. The van der Waals surface area contributed by atoms with Crippen molar-refractivity contribution in [2.75, 3.05) is 10.8 Å². The monoisotopic (exact) mass is 627 g/mol. The predicted octanol–water partition coefficient (Wildman–Crippen LogP) is 4.07. The van der Waals surface area contributed by atoms with Crippen molar-refractivity contribution in [1.82, 2.24) is 10.6 Å². The van der Waals surface area contributed by atoms with Crippen LogP contribution in [0.25, 0.3) is 0 Å². The van der Waals surface area contributed by atoms with Crippen molar-refractivity contribution in [2.45, 2.75) is 74.5 Å². The number of carbonyl (C=O) groups excluding carboxylic acids is 2. The van der Waals surface area contributed by atoms with Crippen molar-refractivity contribution in [3.05, 3.63) is 59.4 Å². The minimum Gasteiger partial charge on any atom is -0.369 e. The maximum atomic E-state index is 13.7. The Kier molecular flexibility index (Phi) is 8.95. The van der Waals surface area contributed by atoms with Crippen LogP contribution in [-0.2, 0) is 31.6 Å². The lowest BCUT2D eigenvalue weighted by Gasteiger charge is -2.39. The van der Waals surface area contributed by atoms with E-state index in [0.29, 0.717) is 22.5 Å². The third-order valence-electron chi connectivity index (χ3n) is 6.67. The number of carbonyl (C=O) groups is 2. The SMILES string of the molecule is CC(=O)NC(C)(C)CNC(=O)C[C@@H]1CCc2cc(C(O)(C(F)(F)F)C(F)(F)F)ccc2N1S(=O)(=O)c1ccc(F)cc1. The quantitative estimate of drug-likeness (QED) is 0.382. The number of hydrogen-bond donors (Lipinski definition) is 3. The molecule has 42 heavy (non-hydrogen) atoms. The van der Waals surface area contributed by atoms with Gasteiger partial charge in [-0.05, 0) is 62.6 Å². The van der Waals surface area contributed by atoms with Gasteiger partial charge >= 0.3 is 12.4 Å². The number of rotatable bonds is 8. The van der Waals surface area contributed by atoms with Gasteiger partial charge in [0.15, 0.2) is 0 Å². The van der Waals surface area contributed by atoms with Gasteiger partial charge in [-0.3, -0.25) is 13.9 Å². The van der Waals surface area contributed by atoms with Gasteiger partial charge in [0, 0.05) is 25.5 Å². The molecule has 0 saturated carbocycles. The Balaban J connectivity index is 2.06. The van der Waals surface area contributed by atoms with Crippen LogP contribution in [0.4, 0.5) is 36.4 Å². The summed E-state index contributed by atoms with van der Waals surface area (Å²) in [6.07, 6.45) is -13.2. The van der Waals surface area contributed by atoms with E-state index in [4.69, 9.17) is 0 Å². The van der Waals surface area contributed by atoms with Gasteiger partial charge in [-0.15, -0.1) is 0 Å². The number of alkyl halides is 6. The van der Waals surface area contributed by atoms with Gasteiger partial charge in [0.25, 0.3) is 15.6 Å². The Morgan fingerprint density at radius 2 is 1.57 bits per heavy atom. The second kappa shape index (κ2) is 11.4. The van der Waals surface area contributed by atoms with Crippen LogP contribution in [0.1, 0.15) is 44.7 Å². The molecule has 0 saturated heterocycles. The lowest BCUT2D eigenvalue weighted by atomic mass is 9.87. The molecule has 0 fully saturated rings. The molecule has 8 nitrogen and oxygen atoms in total. The third-order valence-corrected chi connectivity index (χ3v) is 8.55. The highest BCUT2D eigenvalue weighted by atomic mass is 32.2. The molecule has 2 aromatic rings. The van der Waals surface area contributed by atoms with E-state index in [1.807, 2.05) is 0 Å². The molecule has 16 heteroatoms. The summed E-state index contributed by atoms with van der Waals surface area (Å²) in [5, 5.41) is 15.0. The zero-order valence-corrected chi connectivity index (χ0v) is 23.3. The van der Waals surface area contributed by atoms with E-state index < -0.39 is 68.2 Å². The van der Waals surface area contributed by atoms with Crippen LogP contribution in [0.3, 0.4) is 0 Å². The van der Waals surface area contributed by atoms with Crippen molar-refractivity contribution in [3.63, 3.8) is 0 Å². The molecule has 2 aromatic carbocycles. The Morgan fingerprint density at radius 3 is 2.10 bits per heavy atom. The summed E-state index contributed by atoms with van der Waals surface area (Å²) in [7, 11) is -4.63. The van der Waals surface area contributed by atoms with Crippen molar-refractivity contribution < 1.29 is 53.8 Å². The minimum absolute atomic E-state index is 0.0454. The van der Waals surface area contributed by atoms with Crippen LogP contribution < -0.4 is 14.9 Å². The van der Waals surface area contributed by atoms with Crippen molar-refractivity contribution in [3.8, 4) is 0 Å². The molecule has 1 aliphatic rings. The van der Waals surface area contributed by atoms with Crippen LogP contribution in [0, 0.1) is 5.82 Å². The molecule has 0 aliphatic carbocycles. The number of fused-ring (bicyclic) bond motifs is 1. The lowest BCUT2D eigenvalue weighted by Crippen LogP contribution is -2.54. The molecule has 3 N–H and O–H groups in total. The number of nitrogens with zero attached hydrogens (tertiary/aromatic N) is 1. The van der Waals surface area contributed by atoms with Crippen molar-refractivity contribution >= 4 is 27.5 Å². The van der Waals surface area contributed by atoms with Gasteiger partial charge in [0.2, 0.25) is 11.8 Å². The van der Waals surface area contributed by atoms with E-state index in [9.17, 15) is 53.8 Å². The molecule has 3 rings (SSSR count). The number of anilines is 1. The number of hydrogen-bond acceptors (Lipinski definition) is 5. The zero-order valence-electron chi connectivity index (χ0n) is 22.5. The molecule has 0 spiro atoms. The number of aliphatic hydroxyl groups is 1. The largest absolute Gasteiger partial charge is 0.430 e. The first-order chi connectivity index (χ1) is 19.1. The second-order valence-electron chi connectivity index (χ2n) is 10.5. The maximum absolute atomic E-state index is 13.7. The fraction of sp³-hybridized carbons (Fsp3) is 0.462. The second-order valence-corrected chi connectivity index (χ2v) is 12.4. The molecule has 1 aliphatic heterocycles. The first kappa shape index (κ1) is 33.1. The minimum atomic E-state index is -6.15. The lowest BCUT2D eigenvalue weighted by molar-refractivity contribution is -0.376. The first-order valence-corrected chi connectivity index (χ1v) is 13.9. The fourth-order valence-corrected chi connectivity index (χ4v) is 6.42. The van der Waals surface area contributed by atoms with Gasteiger partial charge in [-0.1, -0.05) is 12.1 Å². The van der Waals surface area contributed by atoms with E-state index in [2.05, 4.69) is 10.6 Å². The Bertz CT molecular complexity index is 1430. The first-order valence-electron chi connectivity index (χ1n) is 12.4. The smallest absolute Gasteiger partial charge is 0.369 e. The number of sulfonamides is 1. The summed E-state index contributed by atoms with van der Waals surface area (Å²) in [5.74, 6) is -1.78. The van der Waals surface area contributed by atoms with Gasteiger partial charge < -0.3 is 15.7 Å². The molecule has 0 aromatic heterocycles. The highest BCUT2D eigenvalue weighted by Gasteiger charge is 2.71. The molecule has 1 atom stereocenters. The Labute approximate surface area is 236 Å². The highest BCUT2D eigenvalue weighted by Crippen LogP contribution is 2.51. The molecule has 1 heterocycles. The average molecular weight is 628 g/mol. The van der Waals surface area contributed by atoms with E-state index in [1.54, 1.807) is 13.8 Å². The molecule has 232 valence electrons. The van der Waals surface area contributed by atoms with E-state index >= 15 is 0 Å². The molecule has 0 bridgehead atoms. The van der Waals surface area contributed by atoms with Gasteiger partial charge in [0.05, 0.1) is 22.2 Å². The van der Waals surface area contributed by atoms with E-state index in [1.165, 1.54) is 6.92 Å². The van der Waals surface area contributed by atoms with Crippen LogP contribution in [0.2, 0.25) is 0 Å². The van der Waals surface area contributed by atoms with Crippen LogP contribution in [0.15, 0.2) is 47.4 Å². The standard InChI is InChI=1S/C26H28F7N3O5S/c1-15(37)35-23(2,3)14-34-22(38)13-19-8-4-16-12-17(24(39,25(28,29)30)26(31,32)33)5-11-21(16)36(19)42(40,41)20-9-6-18(27)7-10-20/h5-7,9-12,19,39H,4,8,13-14H2,1-3H3,(H,34,38)(H,35,37)/t19-/m0/s1. The topological polar surface area (TPSA) is 116 Å². The summed E-state index contributed by atoms with van der Waals surface area (Å²) in [4.78, 5) is 23.8. The average Bonchev–Trinajstić information content (AvgIpc) is 2.84. The summed E-state index contributed by atoms with van der Waals surface area (Å²) >= 11 is 0. The summed E-state index contributed by atoms with van der Waals surface area (Å²) in [6.45, 7) is 4.47. The number of aryl methyl sites for hydroxylation is 1. The van der Waals surface area contributed by atoms with Crippen LogP contribution in [0.5, 0.6) is 0 Å². The molecular weight excluding hydrogens is 599 g/mol. The van der Waals surface area contributed by atoms with E-state index in [0.717, 1.165) is 24.3 Å². The highest BCUT2D eigenvalue weighted by molar-refractivity contribution is 7.92. The normalized spacial score (nSPS) is 16.5. The molecule has 0 radical (unpaired) electrons. The summed E-state index contributed by atoms with van der Waals surface area (Å²) in [5.41, 5.74) is -8.22. The summed E-state index contributed by atoms with van der Waals surface area (Å²) < 4.78 is 123. The van der Waals surface area contributed by atoms with Gasteiger partial charge in [0.1, 0.15) is 5.82 Å². The fourth-order valence-electron chi connectivity index (χ4n) is 4.71. The van der Waals surface area contributed by atoms with E-state index in [-0.39, 0.29) is 36.5 Å². The predicted molar refractivity (Wildman–Crippen MR) is 136 cm³/mol. The maximum Gasteiger partial charge on any atom is 0.430 e. The van der Waals surface area contributed by atoms with Gasteiger partial charge in [-0.2, -0.15) is 26.3 Å². The number of nitrogens with one attached hydrogen (secondary N) is 2. The third kappa shape index (κ3) is 6.64. The number of benzene rings is 2. The zero-order chi connectivity index (χ0) is 31.9. The van der Waals surface area contributed by atoms with Crippen LogP contribution in [-0.4, -0.2) is 55.8 Å². The molecular formula is C26H28F7N3O5S. The van der Waals surface area contributed by atoms with Gasteiger partial charge in [-0.25, -0.2) is 12.8 Å². The number of halogens is 7. The number of amides is 2. The Morgan fingerprint density at radius 1 is 1.00 bits per heavy atom. The Hall–Kier alpha value is -3.40. The van der Waals surface area contributed by atoms with Crippen molar-refractivity contribution in [1.29, 1.82) is 0 Å². The van der Waals surface area contributed by atoms with Crippen molar-refractivity contribution in [2.24, 2.45) is 0 Å².